The molecule has 1 amide bonds. The lowest BCUT2D eigenvalue weighted by molar-refractivity contribution is -0.0108. The molecule has 1 saturated carbocycles. The minimum atomic E-state index is -0.166. The van der Waals surface area contributed by atoms with Crippen LogP contribution >= 0.6 is 11.3 Å². The molecule has 2 fully saturated rings. The van der Waals surface area contributed by atoms with E-state index in [2.05, 4.69) is 33.4 Å². The highest BCUT2D eigenvalue weighted by atomic mass is 32.1. The first-order chi connectivity index (χ1) is 16.5. The molecular formula is C26H30N4O3S. The van der Waals surface area contributed by atoms with Gasteiger partial charge in [0.1, 0.15) is 22.1 Å². The van der Waals surface area contributed by atoms with Crippen molar-refractivity contribution in [3.05, 3.63) is 46.5 Å². The van der Waals surface area contributed by atoms with Crippen molar-refractivity contribution in [2.75, 3.05) is 37.4 Å². The molecule has 4 heterocycles. The molecule has 6 rings (SSSR count). The zero-order chi connectivity index (χ0) is 23.4. The molecule has 0 spiro atoms. The first kappa shape index (κ1) is 21.7. The van der Waals surface area contributed by atoms with E-state index < -0.39 is 0 Å². The van der Waals surface area contributed by atoms with Gasteiger partial charge in [0.05, 0.1) is 17.3 Å². The van der Waals surface area contributed by atoms with Crippen molar-refractivity contribution in [1.82, 2.24) is 10.3 Å². The molecule has 34 heavy (non-hydrogen) atoms. The maximum atomic E-state index is 13.0. The lowest BCUT2D eigenvalue weighted by Gasteiger charge is -2.29. The molecule has 1 saturated heterocycles. The van der Waals surface area contributed by atoms with Crippen LogP contribution in [0.25, 0.3) is 10.2 Å². The minimum absolute atomic E-state index is 0.00872. The molecule has 178 valence electrons. The molecular weight excluding hydrogens is 448 g/mol. The van der Waals surface area contributed by atoms with E-state index >= 15 is 0 Å². The number of nitrogen functional groups attached to an aromatic ring is 1. The summed E-state index contributed by atoms with van der Waals surface area (Å²) in [5, 5.41) is 3.95. The number of carbonyl (C=O) groups is 1. The van der Waals surface area contributed by atoms with Gasteiger partial charge in [-0.3, -0.25) is 4.79 Å². The summed E-state index contributed by atoms with van der Waals surface area (Å²) < 4.78 is 12.1. The number of pyridine rings is 1. The first-order valence-electron chi connectivity index (χ1n) is 12.0. The SMILES string of the molecule is CO[C@@]12CCC[C@@H]1CN(c1ccc3c(c1)OC[C@H](NC(=O)c1sc4nc(C)ccc4c1N)C3)C2. The number of methoxy groups -OCH3 is 1. The third-order valence-corrected chi connectivity index (χ3v) is 8.91. The Hall–Kier alpha value is -2.84. The Morgan fingerprint density at radius 1 is 1.35 bits per heavy atom. The Morgan fingerprint density at radius 3 is 3.06 bits per heavy atom. The van der Waals surface area contributed by atoms with Crippen molar-refractivity contribution in [3.8, 4) is 5.75 Å². The number of amides is 1. The second-order valence-corrected chi connectivity index (χ2v) is 10.9. The summed E-state index contributed by atoms with van der Waals surface area (Å²) in [6, 6.07) is 10.2. The van der Waals surface area contributed by atoms with Gasteiger partial charge in [-0.2, -0.15) is 0 Å². The van der Waals surface area contributed by atoms with Crippen molar-refractivity contribution >= 4 is 38.8 Å². The number of fused-ring (bicyclic) bond motifs is 3. The molecule has 1 aliphatic carbocycles. The number of hydrogen-bond donors (Lipinski definition) is 2. The van der Waals surface area contributed by atoms with Crippen LogP contribution in [0, 0.1) is 12.8 Å². The molecule has 0 unspecified atom stereocenters. The summed E-state index contributed by atoms with van der Waals surface area (Å²) in [6.45, 7) is 4.35. The van der Waals surface area contributed by atoms with Crippen LogP contribution in [0.2, 0.25) is 0 Å². The number of ether oxygens (including phenoxy) is 2. The van der Waals surface area contributed by atoms with E-state index in [0.29, 0.717) is 23.1 Å². The summed E-state index contributed by atoms with van der Waals surface area (Å²) in [5.41, 5.74) is 9.98. The number of aromatic nitrogens is 1. The summed E-state index contributed by atoms with van der Waals surface area (Å²) in [5.74, 6) is 1.35. The van der Waals surface area contributed by atoms with Gasteiger partial charge < -0.3 is 25.4 Å². The average molecular weight is 479 g/mol. The molecule has 3 aliphatic rings. The van der Waals surface area contributed by atoms with Crippen LogP contribution < -0.4 is 20.7 Å². The predicted octanol–water partition coefficient (Wildman–Crippen LogP) is 3.93. The maximum Gasteiger partial charge on any atom is 0.263 e. The third-order valence-electron chi connectivity index (χ3n) is 7.80. The third kappa shape index (κ3) is 3.51. The summed E-state index contributed by atoms with van der Waals surface area (Å²) in [4.78, 5) is 21.3. The number of anilines is 2. The first-order valence-corrected chi connectivity index (χ1v) is 12.8. The molecule has 0 radical (unpaired) electrons. The molecule has 7 nitrogen and oxygen atoms in total. The number of carbonyl (C=O) groups excluding carboxylic acids is 1. The number of benzene rings is 1. The quantitative estimate of drug-likeness (QED) is 0.591. The molecule has 8 heteroatoms. The molecule has 3 N–H and O–H groups in total. The van der Waals surface area contributed by atoms with Gasteiger partial charge in [0, 0.05) is 49.0 Å². The lowest BCUT2D eigenvalue weighted by Crippen LogP contribution is -2.42. The highest BCUT2D eigenvalue weighted by molar-refractivity contribution is 7.21. The van der Waals surface area contributed by atoms with Crippen molar-refractivity contribution in [2.45, 2.75) is 44.2 Å². The topological polar surface area (TPSA) is 89.7 Å². The van der Waals surface area contributed by atoms with Gasteiger partial charge in [0.25, 0.3) is 5.91 Å². The second kappa shape index (κ2) is 8.13. The van der Waals surface area contributed by atoms with Crippen LogP contribution in [0.4, 0.5) is 11.4 Å². The van der Waals surface area contributed by atoms with E-state index in [9.17, 15) is 4.79 Å². The number of nitrogens with one attached hydrogen (secondary N) is 1. The molecule has 3 atom stereocenters. The van der Waals surface area contributed by atoms with Crippen LogP contribution in [-0.4, -0.2) is 49.3 Å². The normalized spacial score (nSPS) is 25.8. The summed E-state index contributed by atoms with van der Waals surface area (Å²) >= 11 is 1.34. The Bertz CT molecular complexity index is 1270. The second-order valence-electron chi connectivity index (χ2n) is 9.87. The van der Waals surface area contributed by atoms with Gasteiger partial charge in [-0.15, -0.1) is 11.3 Å². The van der Waals surface area contributed by atoms with E-state index in [-0.39, 0.29) is 17.6 Å². The van der Waals surface area contributed by atoms with E-state index in [1.807, 2.05) is 26.2 Å². The molecule has 3 aromatic rings. The molecule has 2 aromatic heterocycles. The standard InChI is InChI=1S/C26H30N4O3S/c1-15-5-8-20-22(27)23(34-25(20)28-15)24(31)29-18-10-16-6-7-19(11-21(16)33-13-18)30-12-17-4-3-9-26(17,14-30)32-2/h5-8,11,17-18H,3-4,9-10,12-14,27H2,1-2H3,(H,29,31)/t17-,18-,26-/m1/s1. The van der Waals surface area contributed by atoms with E-state index in [4.69, 9.17) is 15.2 Å². The van der Waals surface area contributed by atoms with Crippen LogP contribution in [-0.2, 0) is 11.2 Å². The fourth-order valence-corrected chi connectivity index (χ4v) is 6.97. The number of thiophene rings is 1. The van der Waals surface area contributed by atoms with Crippen LogP contribution in [0.5, 0.6) is 5.75 Å². The number of hydrogen-bond acceptors (Lipinski definition) is 7. The zero-order valence-corrected chi connectivity index (χ0v) is 20.4. The Labute approximate surface area is 203 Å². The zero-order valence-electron chi connectivity index (χ0n) is 19.6. The van der Waals surface area contributed by atoms with Crippen molar-refractivity contribution in [3.63, 3.8) is 0 Å². The lowest BCUT2D eigenvalue weighted by atomic mass is 9.95. The molecule has 1 aromatic carbocycles. The van der Waals surface area contributed by atoms with Crippen LogP contribution in [0.3, 0.4) is 0 Å². The van der Waals surface area contributed by atoms with Crippen molar-refractivity contribution in [2.24, 2.45) is 5.92 Å². The Morgan fingerprint density at radius 2 is 2.24 bits per heavy atom. The molecule has 0 bridgehead atoms. The van der Waals surface area contributed by atoms with Crippen LogP contribution in [0.1, 0.15) is 40.2 Å². The molecule has 2 aliphatic heterocycles. The Balaban J connectivity index is 1.15. The monoisotopic (exact) mass is 478 g/mol. The average Bonchev–Trinajstić information content (AvgIpc) is 3.49. The minimum Gasteiger partial charge on any atom is -0.491 e. The maximum absolute atomic E-state index is 13.0. The number of nitrogens with zero attached hydrogens (tertiary/aromatic N) is 2. The van der Waals surface area contributed by atoms with Gasteiger partial charge in [-0.25, -0.2) is 4.98 Å². The summed E-state index contributed by atoms with van der Waals surface area (Å²) in [6.07, 6.45) is 4.38. The van der Waals surface area contributed by atoms with Gasteiger partial charge >= 0.3 is 0 Å². The van der Waals surface area contributed by atoms with Crippen LogP contribution in [0.15, 0.2) is 30.3 Å². The largest absolute Gasteiger partial charge is 0.491 e. The van der Waals surface area contributed by atoms with Gasteiger partial charge in [0.2, 0.25) is 0 Å². The van der Waals surface area contributed by atoms with Gasteiger partial charge in [0.15, 0.2) is 0 Å². The van der Waals surface area contributed by atoms with E-state index in [0.717, 1.165) is 53.2 Å². The fraction of sp³-hybridized carbons (Fsp3) is 0.462. The number of nitrogens with two attached hydrogens (primary N) is 1. The highest BCUT2D eigenvalue weighted by Crippen LogP contribution is 2.46. The Kier molecular flexibility index (Phi) is 5.18. The van der Waals surface area contributed by atoms with Gasteiger partial charge in [-0.1, -0.05) is 12.5 Å². The smallest absolute Gasteiger partial charge is 0.263 e. The summed E-state index contributed by atoms with van der Waals surface area (Å²) in [7, 11) is 1.86. The van der Waals surface area contributed by atoms with E-state index in [1.165, 1.54) is 29.9 Å². The van der Waals surface area contributed by atoms with E-state index in [1.54, 1.807) is 0 Å². The van der Waals surface area contributed by atoms with Gasteiger partial charge in [-0.05, 0) is 49.9 Å². The van der Waals surface area contributed by atoms with Crippen molar-refractivity contribution < 1.29 is 14.3 Å². The highest BCUT2D eigenvalue weighted by Gasteiger charge is 2.50. The number of aryl methyl sites for hydroxylation is 1. The number of rotatable bonds is 4. The predicted molar refractivity (Wildman–Crippen MR) is 135 cm³/mol. The fourth-order valence-electron chi connectivity index (χ4n) is 5.92. The van der Waals surface area contributed by atoms with Crippen molar-refractivity contribution in [1.29, 1.82) is 0 Å².